The van der Waals surface area contributed by atoms with Gasteiger partial charge in [-0.3, -0.25) is 9.59 Å². The molecule has 1 aliphatic carbocycles. The van der Waals surface area contributed by atoms with Crippen LogP contribution in [-0.2, 0) is 19.4 Å². The van der Waals surface area contributed by atoms with E-state index in [-0.39, 0.29) is 16.8 Å². The molecule has 0 aliphatic heterocycles. The van der Waals surface area contributed by atoms with Crippen LogP contribution in [-0.4, -0.2) is 43.2 Å². The van der Waals surface area contributed by atoms with Crippen molar-refractivity contribution in [3.63, 3.8) is 0 Å². The van der Waals surface area contributed by atoms with Crippen molar-refractivity contribution in [2.75, 3.05) is 11.9 Å². The summed E-state index contributed by atoms with van der Waals surface area (Å²) in [7, 11) is -3.34. The van der Waals surface area contributed by atoms with Gasteiger partial charge in [-0.25, -0.2) is 8.42 Å². The van der Waals surface area contributed by atoms with Crippen LogP contribution in [0, 0.1) is 0 Å². The summed E-state index contributed by atoms with van der Waals surface area (Å²) in [5.41, 5.74) is 0.331. The Bertz CT molecular complexity index is 694. The zero-order chi connectivity index (χ0) is 17.7. The van der Waals surface area contributed by atoms with E-state index in [9.17, 15) is 18.0 Å². The predicted octanol–water partition coefficient (Wildman–Crippen LogP) is 0.838. The molecule has 1 aliphatic rings. The molecule has 1 fully saturated rings. The number of sulfone groups is 1. The van der Waals surface area contributed by atoms with Crippen molar-refractivity contribution in [1.29, 1.82) is 0 Å². The molecule has 0 spiro atoms. The molecule has 0 aromatic heterocycles. The third-order valence-corrected chi connectivity index (χ3v) is 6.32. The molecule has 3 N–H and O–H groups in total. The summed E-state index contributed by atoms with van der Waals surface area (Å²) < 4.78 is 24.9. The largest absolute Gasteiger partial charge is 0.394 e. The van der Waals surface area contributed by atoms with Gasteiger partial charge < -0.3 is 15.7 Å². The minimum atomic E-state index is -3.34. The van der Waals surface area contributed by atoms with Crippen molar-refractivity contribution in [3.05, 3.63) is 24.3 Å². The highest BCUT2D eigenvalue weighted by molar-refractivity contribution is 7.92. The lowest BCUT2D eigenvalue weighted by Crippen LogP contribution is -2.42. The van der Waals surface area contributed by atoms with E-state index in [4.69, 9.17) is 5.11 Å². The second-order valence-corrected chi connectivity index (χ2v) is 8.22. The topological polar surface area (TPSA) is 113 Å². The average molecular weight is 354 g/mol. The number of nitrogens with one attached hydrogen (secondary N) is 2. The second kappa shape index (κ2) is 7.76. The van der Waals surface area contributed by atoms with Gasteiger partial charge in [0.1, 0.15) is 0 Å². The maximum absolute atomic E-state index is 12.5. The third-order valence-electron chi connectivity index (χ3n) is 4.04. The fourth-order valence-electron chi connectivity index (χ4n) is 2.64. The van der Waals surface area contributed by atoms with Crippen LogP contribution >= 0.6 is 0 Å². The molecular formula is C16H22N2O5S. The minimum absolute atomic E-state index is 0.228. The molecular weight excluding hydrogens is 332 g/mol. The molecule has 2 rings (SSSR count). The van der Waals surface area contributed by atoms with Gasteiger partial charge in [-0.1, -0.05) is 12.8 Å². The van der Waals surface area contributed by atoms with E-state index in [0.717, 1.165) is 12.8 Å². The minimum Gasteiger partial charge on any atom is -0.394 e. The van der Waals surface area contributed by atoms with E-state index in [2.05, 4.69) is 10.6 Å². The Morgan fingerprint density at radius 2 is 1.75 bits per heavy atom. The number of hydrogen-bond donors (Lipinski definition) is 3. The summed E-state index contributed by atoms with van der Waals surface area (Å²) in [6.07, 6.45) is 3.23. The number of anilines is 1. The Labute approximate surface area is 141 Å². The van der Waals surface area contributed by atoms with E-state index in [1.54, 1.807) is 6.92 Å². The summed E-state index contributed by atoms with van der Waals surface area (Å²) in [6, 6.07) is 5.28. The van der Waals surface area contributed by atoms with Crippen molar-refractivity contribution in [3.8, 4) is 0 Å². The smallest absolute Gasteiger partial charge is 0.313 e. The second-order valence-electron chi connectivity index (χ2n) is 5.99. The summed E-state index contributed by atoms with van der Waals surface area (Å²) in [6.45, 7) is 1.29. The SMILES string of the molecule is C[C@H](CO)NC(=O)C(=O)Nc1ccc(S(=O)(=O)C2CCCC2)cc1. The molecule has 8 heteroatoms. The van der Waals surface area contributed by atoms with Crippen molar-refractivity contribution < 1.29 is 23.1 Å². The van der Waals surface area contributed by atoms with E-state index >= 15 is 0 Å². The molecule has 0 unspecified atom stereocenters. The van der Waals surface area contributed by atoms with Gasteiger partial charge in [0.25, 0.3) is 0 Å². The summed E-state index contributed by atoms with van der Waals surface area (Å²) >= 11 is 0. The van der Waals surface area contributed by atoms with Gasteiger partial charge in [0.2, 0.25) is 0 Å². The van der Waals surface area contributed by atoms with Crippen molar-refractivity contribution in [2.24, 2.45) is 0 Å². The van der Waals surface area contributed by atoms with Crippen LogP contribution in [0.15, 0.2) is 29.2 Å². The molecule has 0 radical (unpaired) electrons. The highest BCUT2D eigenvalue weighted by atomic mass is 32.2. The number of aliphatic hydroxyl groups is 1. The monoisotopic (exact) mass is 354 g/mol. The summed E-state index contributed by atoms with van der Waals surface area (Å²) in [5, 5.41) is 13.2. The van der Waals surface area contributed by atoms with E-state index < -0.39 is 27.7 Å². The molecule has 132 valence electrons. The Hall–Kier alpha value is -1.93. The van der Waals surface area contributed by atoms with Gasteiger partial charge in [-0.2, -0.15) is 0 Å². The first-order chi connectivity index (χ1) is 11.3. The first-order valence-corrected chi connectivity index (χ1v) is 9.46. The number of carbonyl (C=O) groups is 2. The predicted molar refractivity (Wildman–Crippen MR) is 89.2 cm³/mol. The maximum Gasteiger partial charge on any atom is 0.313 e. The molecule has 2 amide bonds. The zero-order valence-electron chi connectivity index (χ0n) is 13.5. The van der Waals surface area contributed by atoms with Crippen molar-refractivity contribution >= 4 is 27.3 Å². The number of amides is 2. The number of hydrogen-bond acceptors (Lipinski definition) is 5. The van der Waals surface area contributed by atoms with Crippen LogP contribution in [0.5, 0.6) is 0 Å². The first-order valence-electron chi connectivity index (χ1n) is 7.91. The fourth-order valence-corrected chi connectivity index (χ4v) is 4.50. The van der Waals surface area contributed by atoms with E-state index in [1.807, 2.05) is 0 Å². The van der Waals surface area contributed by atoms with Crippen molar-refractivity contribution in [1.82, 2.24) is 5.32 Å². The molecule has 1 aromatic rings. The highest BCUT2D eigenvalue weighted by Crippen LogP contribution is 2.29. The van der Waals surface area contributed by atoms with Crippen LogP contribution in [0.1, 0.15) is 32.6 Å². The van der Waals surface area contributed by atoms with Gasteiger partial charge in [0.15, 0.2) is 9.84 Å². The highest BCUT2D eigenvalue weighted by Gasteiger charge is 2.30. The lowest BCUT2D eigenvalue weighted by atomic mass is 10.3. The Kier molecular flexibility index (Phi) is 5.95. The van der Waals surface area contributed by atoms with Crippen LogP contribution in [0.2, 0.25) is 0 Å². The number of benzene rings is 1. The molecule has 1 saturated carbocycles. The van der Waals surface area contributed by atoms with Gasteiger partial charge in [-0.05, 0) is 44.0 Å². The average Bonchev–Trinajstić information content (AvgIpc) is 3.10. The fraction of sp³-hybridized carbons (Fsp3) is 0.500. The number of rotatable bonds is 5. The van der Waals surface area contributed by atoms with Crippen LogP contribution < -0.4 is 10.6 Å². The molecule has 0 heterocycles. The molecule has 1 aromatic carbocycles. The van der Waals surface area contributed by atoms with Crippen LogP contribution in [0.25, 0.3) is 0 Å². The van der Waals surface area contributed by atoms with Gasteiger partial charge in [0, 0.05) is 11.7 Å². The zero-order valence-corrected chi connectivity index (χ0v) is 14.3. The molecule has 1 atom stereocenters. The van der Waals surface area contributed by atoms with Crippen LogP contribution in [0.4, 0.5) is 5.69 Å². The quantitative estimate of drug-likeness (QED) is 0.678. The Balaban J connectivity index is 2.01. The van der Waals surface area contributed by atoms with Gasteiger partial charge in [-0.15, -0.1) is 0 Å². The van der Waals surface area contributed by atoms with Gasteiger partial charge in [0.05, 0.1) is 16.8 Å². The van der Waals surface area contributed by atoms with Crippen molar-refractivity contribution in [2.45, 2.75) is 48.8 Å². The number of aliphatic hydroxyl groups excluding tert-OH is 1. The summed E-state index contributed by atoms with van der Waals surface area (Å²) in [4.78, 5) is 23.5. The Morgan fingerprint density at radius 3 is 2.29 bits per heavy atom. The molecule has 24 heavy (non-hydrogen) atoms. The molecule has 0 saturated heterocycles. The number of carbonyl (C=O) groups excluding carboxylic acids is 2. The first kappa shape index (κ1) is 18.4. The van der Waals surface area contributed by atoms with Crippen LogP contribution in [0.3, 0.4) is 0 Å². The Morgan fingerprint density at radius 1 is 1.17 bits per heavy atom. The molecule has 0 bridgehead atoms. The normalized spacial score (nSPS) is 16.6. The van der Waals surface area contributed by atoms with Gasteiger partial charge >= 0.3 is 11.8 Å². The summed E-state index contributed by atoms with van der Waals surface area (Å²) in [5.74, 6) is -1.74. The lowest BCUT2D eigenvalue weighted by Gasteiger charge is -2.12. The molecule has 7 nitrogen and oxygen atoms in total. The maximum atomic E-state index is 12.5. The van der Waals surface area contributed by atoms with E-state index in [0.29, 0.717) is 18.5 Å². The van der Waals surface area contributed by atoms with E-state index in [1.165, 1.54) is 24.3 Å². The third kappa shape index (κ3) is 4.33. The lowest BCUT2D eigenvalue weighted by molar-refractivity contribution is -0.136. The standard InChI is InChI=1S/C16H22N2O5S/c1-11(10-19)17-15(20)16(21)18-12-6-8-14(9-7-12)24(22,23)13-4-2-3-5-13/h6-9,11,13,19H,2-5,10H2,1H3,(H,17,20)(H,18,21)/t11-/m1/s1.